The molecule has 0 saturated heterocycles. The standard InChI is InChI=1S/C16H18N4O3/c17-8-9-22-19-13-3-1-2-12-14(20-23-15(12)13)10-4-6-11(7-5-10)16(18)21/h4-7H,1-3,8-9,17H2,(H2,18,21)/b19-13-. The van der Waals surface area contributed by atoms with E-state index in [-0.39, 0.29) is 0 Å². The number of carbonyl (C=O) groups is 1. The maximum atomic E-state index is 11.1. The van der Waals surface area contributed by atoms with Crippen molar-refractivity contribution in [2.24, 2.45) is 16.6 Å². The molecule has 0 aliphatic heterocycles. The molecule has 0 fully saturated rings. The Bertz CT molecular complexity index is 734. The van der Waals surface area contributed by atoms with Crippen molar-refractivity contribution in [2.45, 2.75) is 19.3 Å². The number of nitrogens with zero attached hydrogens (tertiary/aromatic N) is 2. The molecule has 0 saturated carbocycles. The monoisotopic (exact) mass is 314 g/mol. The fraction of sp³-hybridized carbons (Fsp3) is 0.312. The molecule has 1 amide bonds. The third-order valence-electron chi connectivity index (χ3n) is 3.72. The summed E-state index contributed by atoms with van der Waals surface area (Å²) >= 11 is 0. The van der Waals surface area contributed by atoms with Crippen molar-refractivity contribution in [1.82, 2.24) is 5.16 Å². The molecule has 1 heterocycles. The highest BCUT2D eigenvalue weighted by Crippen LogP contribution is 2.31. The zero-order chi connectivity index (χ0) is 16.2. The van der Waals surface area contributed by atoms with E-state index in [1.807, 2.05) is 12.1 Å². The van der Waals surface area contributed by atoms with E-state index >= 15 is 0 Å². The van der Waals surface area contributed by atoms with Crippen molar-refractivity contribution in [2.75, 3.05) is 13.2 Å². The summed E-state index contributed by atoms with van der Waals surface area (Å²) in [6.07, 6.45) is 2.60. The smallest absolute Gasteiger partial charge is 0.248 e. The van der Waals surface area contributed by atoms with Crippen LogP contribution in [0.25, 0.3) is 11.3 Å². The van der Waals surface area contributed by atoms with E-state index in [0.29, 0.717) is 24.5 Å². The fourth-order valence-electron chi connectivity index (χ4n) is 2.60. The van der Waals surface area contributed by atoms with Crippen LogP contribution in [0.1, 0.15) is 34.5 Å². The van der Waals surface area contributed by atoms with Gasteiger partial charge in [0.15, 0.2) is 5.76 Å². The second-order valence-corrected chi connectivity index (χ2v) is 5.29. The van der Waals surface area contributed by atoms with Gasteiger partial charge in [0.1, 0.15) is 18.0 Å². The number of oxime groups is 1. The largest absolute Gasteiger partial charge is 0.394 e. The van der Waals surface area contributed by atoms with Crippen molar-refractivity contribution in [3.05, 3.63) is 41.2 Å². The molecule has 0 unspecified atom stereocenters. The maximum Gasteiger partial charge on any atom is 0.248 e. The first-order chi connectivity index (χ1) is 11.2. The molecule has 0 spiro atoms. The molecule has 2 aromatic rings. The van der Waals surface area contributed by atoms with Crippen LogP contribution in [0.3, 0.4) is 0 Å². The van der Waals surface area contributed by atoms with Crippen molar-refractivity contribution >= 4 is 11.6 Å². The van der Waals surface area contributed by atoms with Gasteiger partial charge in [-0.3, -0.25) is 4.79 Å². The van der Waals surface area contributed by atoms with Crippen molar-refractivity contribution < 1.29 is 14.2 Å². The Morgan fingerprint density at radius 3 is 2.78 bits per heavy atom. The highest BCUT2D eigenvalue weighted by molar-refractivity contribution is 6.01. The predicted octanol–water partition coefficient (Wildman–Crippen LogP) is 1.46. The number of amides is 1. The molecule has 7 nitrogen and oxygen atoms in total. The van der Waals surface area contributed by atoms with E-state index < -0.39 is 5.91 Å². The zero-order valence-electron chi connectivity index (χ0n) is 12.6. The Morgan fingerprint density at radius 1 is 1.30 bits per heavy atom. The quantitative estimate of drug-likeness (QED) is 0.640. The number of hydrogen-bond donors (Lipinski definition) is 2. The SMILES string of the molecule is NCCO/N=C1/CCCc2c(-c3ccc(C(N)=O)cc3)noc21. The second kappa shape index (κ2) is 6.62. The van der Waals surface area contributed by atoms with Gasteiger partial charge in [-0.2, -0.15) is 0 Å². The Kier molecular flexibility index (Phi) is 4.38. The van der Waals surface area contributed by atoms with Gasteiger partial charge in [0.25, 0.3) is 0 Å². The van der Waals surface area contributed by atoms with Crippen LogP contribution >= 0.6 is 0 Å². The second-order valence-electron chi connectivity index (χ2n) is 5.29. The Balaban J connectivity index is 1.91. The Morgan fingerprint density at radius 2 is 2.09 bits per heavy atom. The molecule has 4 N–H and O–H groups in total. The van der Waals surface area contributed by atoms with Gasteiger partial charge >= 0.3 is 0 Å². The van der Waals surface area contributed by atoms with Crippen molar-refractivity contribution in [3.63, 3.8) is 0 Å². The summed E-state index contributed by atoms with van der Waals surface area (Å²) in [6, 6.07) is 6.99. The van der Waals surface area contributed by atoms with Gasteiger partial charge in [-0.05, 0) is 31.4 Å². The summed E-state index contributed by atoms with van der Waals surface area (Å²) in [4.78, 5) is 16.3. The van der Waals surface area contributed by atoms with Gasteiger partial charge in [-0.25, -0.2) is 0 Å². The first-order valence-corrected chi connectivity index (χ1v) is 7.48. The minimum absolute atomic E-state index is 0.369. The Hall–Kier alpha value is -2.67. The molecule has 0 atom stereocenters. The van der Waals surface area contributed by atoms with Gasteiger partial charge in [-0.1, -0.05) is 22.4 Å². The van der Waals surface area contributed by atoms with Gasteiger partial charge in [-0.15, -0.1) is 0 Å². The molecule has 120 valence electrons. The van der Waals surface area contributed by atoms with Crippen molar-refractivity contribution in [3.8, 4) is 11.3 Å². The van der Waals surface area contributed by atoms with E-state index in [2.05, 4.69) is 10.3 Å². The summed E-state index contributed by atoms with van der Waals surface area (Å²) in [5.74, 6) is 0.215. The lowest BCUT2D eigenvalue weighted by molar-refractivity contribution is 0.100. The minimum Gasteiger partial charge on any atom is -0.394 e. The number of benzene rings is 1. The van der Waals surface area contributed by atoms with E-state index in [4.69, 9.17) is 20.8 Å². The molecule has 23 heavy (non-hydrogen) atoms. The number of primary amides is 1. The summed E-state index contributed by atoms with van der Waals surface area (Å²) in [5.41, 5.74) is 14.5. The molecule has 0 bridgehead atoms. The third kappa shape index (κ3) is 3.09. The number of fused-ring (bicyclic) bond motifs is 1. The van der Waals surface area contributed by atoms with Crippen LogP contribution in [0.5, 0.6) is 0 Å². The number of aromatic nitrogens is 1. The molecule has 1 aliphatic rings. The van der Waals surface area contributed by atoms with Crippen LogP contribution in [0.15, 0.2) is 33.9 Å². The highest BCUT2D eigenvalue weighted by atomic mass is 16.6. The molecule has 1 aromatic heterocycles. The lowest BCUT2D eigenvalue weighted by Gasteiger charge is -2.12. The van der Waals surface area contributed by atoms with Gasteiger partial charge in [0.2, 0.25) is 5.91 Å². The van der Waals surface area contributed by atoms with Gasteiger partial charge in [0, 0.05) is 23.2 Å². The van der Waals surface area contributed by atoms with Crippen LogP contribution in [0.4, 0.5) is 0 Å². The van der Waals surface area contributed by atoms with Gasteiger partial charge < -0.3 is 20.8 Å². The maximum absolute atomic E-state index is 11.1. The summed E-state index contributed by atoms with van der Waals surface area (Å²) in [5, 5.41) is 8.27. The van der Waals surface area contributed by atoms with Crippen LogP contribution in [-0.2, 0) is 11.3 Å². The average molecular weight is 314 g/mol. The molecule has 1 aromatic carbocycles. The number of rotatable bonds is 5. The molecule has 7 heteroatoms. The fourth-order valence-corrected chi connectivity index (χ4v) is 2.60. The number of carbonyl (C=O) groups excluding carboxylic acids is 1. The lowest BCUT2D eigenvalue weighted by atomic mass is 9.92. The van der Waals surface area contributed by atoms with E-state index in [9.17, 15) is 4.79 Å². The van der Waals surface area contributed by atoms with Crippen LogP contribution < -0.4 is 11.5 Å². The van der Waals surface area contributed by atoms with Crippen LogP contribution in [0, 0.1) is 0 Å². The van der Waals surface area contributed by atoms with Gasteiger partial charge in [0.05, 0.1) is 0 Å². The minimum atomic E-state index is -0.454. The molecule has 0 radical (unpaired) electrons. The van der Waals surface area contributed by atoms with Crippen molar-refractivity contribution in [1.29, 1.82) is 0 Å². The van der Waals surface area contributed by atoms with Crippen LogP contribution in [-0.4, -0.2) is 29.9 Å². The molecule has 1 aliphatic carbocycles. The Labute approximate surface area is 133 Å². The zero-order valence-corrected chi connectivity index (χ0v) is 12.6. The highest BCUT2D eigenvalue weighted by Gasteiger charge is 2.26. The summed E-state index contributed by atoms with van der Waals surface area (Å²) in [7, 11) is 0. The number of hydrogen-bond acceptors (Lipinski definition) is 6. The predicted molar refractivity (Wildman–Crippen MR) is 84.9 cm³/mol. The lowest BCUT2D eigenvalue weighted by Crippen LogP contribution is -2.12. The summed E-state index contributed by atoms with van der Waals surface area (Å²) < 4.78 is 5.48. The van der Waals surface area contributed by atoms with E-state index in [0.717, 1.165) is 41.8 Å². The first-order valence-electron chi connectivity index (χ1n) is 7.48. The average Bonchev–Trinajstić information content (AvgIpc) is 3.00. The molecular formula is C16H18N4O3. The van der Waals surface area contributed by atoms with E-state index in [1.165, 1.54) is 0 Å². The topological polar surface area (TPSA) is 117 Å². The van der Waals surface area contributed by atoms with E-state index in [1.54, 1.807) is 12.1 Å². The third-order valence-corrected chi connectivity index (χ3v) is 3.72. The van der Waals surface area contributed by atoms with Crippen LogP contribution in [0.2, 0.25) is 0 Å². The first kappa shape index (κ1) is 15.2. The number of nitrogens with two attached hydrogens (primary N) is 2. The normalized spacial score (nSPS) is 15.4. The molecular weight excluding hydrogens is 296 g/mol. The molecule has 3 rings (SSSR count). The summed E-state index contributed by atoms with van der Waals surface area (Å²) in [6.45, 7) is 0.784.